The zero-order valence-corrected chi connectivity index (χ0v) is 13.7. The molecule has 0 radical (unpaired) electrons. The van der Waals surface area contributed by atoms with Crippen molar-refractivity contribution in [2.45, 2.75) is 26.9 Å². The van der Waals surface area contributed by atoms with E-state index in [1.54, 1.807) is 18.5 Å². The number of pyridine rings is 2. The van der Waals surface area contributed by atoms with Gasteiger partial charge in [0, 0.05) is 18.3 Å². The Labute approximate surface area is 134 Å². The number of anilines is 1. The van der Waals surface area contributed by atoms with E-state index in [1.165, 1.54) is 0 Å². The molecule has 2 aromatic heterocycles. The number of hydrogen-bond acceptors (Lipinski definition) is 4. The first kappa shape index (κ1) is 15.9. The predicted octanol–water partition coefficient (Wildman–Crippen LogP) is 4.67. The molecule has 0 spiro atoms. The maximum Gasteiger partial charge on any atom is 0.145 e. The quantitative estimate of drug-likeness (QED) is 0.867. The van der Waals surface area contributed by atoms with E-state index in [2.05, 4.69) is 15.3 Å². The summed E-state index contributed by atoms with van der Waals surface area (Å²) in [6.45, 7) is 6.63. The third-order valence-electron chi connectivity index (χ3n) is 2.63. The molecule has 1 N–H and O–H groups in total. The number of aromatic nitrogens is 2. The van der Waals surface area contributed by atoms with Gasteiger partial charge < -0.3 is 10.1 Å². The van der Waals surface area contributed by atoms with Crippen molar-refractivity contribution < 1.29 is 4.74 Å². The summed E-state index contributed by atoms with van der Waals surface area (Å²) in [4.78, 5) is 8.66. The van der Waals surface area contributed by atoms with E-state index in [0.717, 1.165) is 12.1 Å². The lowest BCUT2D eigenvalue weighted by Gasteiger charge is -2.12. The topological polar surface area (TPSA) is 47.0 Å². The average molecular weight is 326 g/mol. The normalized spacial score (nSPS) is 10.8. The summed E-state index contributed by atoms with van der Waals surface area (Å²) in [5.41, 5.74) is 1.41. The van der Waals surface area contributed by atoms with Crippen LogP contribution in [0.3, 0.4) is 0 Å². The molecule has 21 heavy (non-hydrogen) atoms. The van der Waals surface area contributed by atoms with E-state index >= 15 is 0 Å². The van der Waals surface area contributed by atoms with Crippen molar-refractivity contribution in [3.63, 3.8) is 0 Å². The minimum Gasteiger partial charge on any atom is -0.489 e. The van der Waals surface area contributed by atoms with Gasteiger partial charge in [-0.2, -0.15) is 0 Å². The highest BCUT2D eigenvalue weighted by atomic mass is 35.5. The molecule has 2 heterocycles. The van der Waals surface area contributed by atoms with E-state index in [-0.39, 0.29) is 6.10 Å². The standard InChI is InChI=1S/C15H17Cl2N3O/c1-4-19-15-13(17)6-12(16)14(20-15)10-5-11(8-18-7-10)21-9(2)3/h5-9H,4H2,1-3H3,(H,19,20). The Morgan fingerprint density at radius 3 is 2.62 bits per heavy atom. The third kappa shape index (κ3) is 3.99. The molecule has 2 rings (SSSR count). The highest BCUT2D eigenvalue weighted by Gasteiger charge is 2.12. The zero-order chi connectivity index (χ0) is 15.4. The molecule has 0 bridgehead atoms. The third-order valence-corrected chi connectivity index (χ3v) is 3.21. The Balaban J connectivity index is 2.43. The molecular weight excluding hydrogens is 309 g/mol. The van der Waals surface area contributed by atoms with Crippen LogP contribution in [0.2, 0.25) is 10.0 Å². The van der Waals surface area contributed by atoms with Gasteiger partial charge in [-0.1, -0.05) is 23.2 Å². The summed E-state index contributed by atoms with van der Waals surface area (Å²) in [7, 11) is 0. The van der Waals surface area contributed by atoms with Crippen molar-refractivity contribution in [3.05, 3.63) is 34.6 Å². The van der Waals surface area contributed by atoms with Gasteiger partial charge in [-0.25, -0.2) is 4.98 Å². The summed E-state index contributed by atoms with van der Waals surface area (Å²) in [5.74, 6) is 1.29. The highest BCUT2D eigenvalue weighted by Crippen LogP contribution is 2.33. The molecule has 112 valence electrons. The predicted molar refractivity (Wildman–Crippen MR) is 87.4 cm³/mol. The first-order chi connectivity index (χ1) is 10.0. The van der Waals surface area contributed by atoms with E-state index < -0.39 is 0 Å². The zero-order valence-electron chi connectivity index (χ0n) is 12.2. The van der Waals surface area contributed by atoms with Crippen molar-refractivity contribution in [1.29, 1.82) is 0 Å². The molecule has 6 heteroatoms. The van der Waals surface area contributed by atoms with Gasteiger partial charge in [0.15, 0.2) is 0 Å². The second-order valence-corrected chi connectivity index (χ2v) is 5.57. The fourth-order valence-electron chi connectivity index (χ4n) is 1.85. The van der Waals surface area contributed by atoms with Crippen LogP contribution in [0, 0.1) is 0 Å². The Kier molecular flexibility index (Phi) is 5.26. The van der Waals surface area contributed by atoms with Gasteiger partial charge in [-0.3, -0.25) is 4.98 Å². The van der Waals surface area contributed by atoms with Crippen LogP contribution in [0.5, 0.6) is 5.75 Å². The molecule has 0 saturated heterocycles. The molecule has 0 saturated carbocycles. The molecule has 0 aliphatic carbocycles. The van der Waals surface area contributed by atoms with Gasteiger partial charge >= 0.3 is 0 Å². The maximum atomic E-state index is 6.25. The molecule has 0 fully saturated rings. The minimum atomic E-state index is 0.0769. The largest absolute Gasteiger partial charge is 0.489 e. The van der Waals surface area contributed by atoms with Crippen molar-refractivity contribution in [3.8, 4) is 17.0 Å². The van der Waals surface area contributed by atoms with Crippen LogP contribution in [0.1, 0.15) is 20.8 Å². The fourth-order valence-corrected chi connectivity index (χ4v) is 2.38. The summed E-state index contributed by atoms with van der Waals surface area (Å²) < 4.78 is 5.64. The first-order valence-corrected chi connectivity index (χ1v) is 7.48. The molecule has 0 atom stereocenters. The Morgan fingerprint density at radius 1 is 1.19 bits per heavy atom. The second kappa shape index (κ2) is 6.96. The van der Waals surface area contributed by atoms with Gasteiger partial charge in [0.1, 0.15) is 11.6 Å². The van der Waals surface area contributed by atoms with Crippen LogP contribution in [0.15, 0.2) is 24.5 Å². The second-order valence-electron chi connectivity index (χ2n) is 4.76. The van der Waals surface area contributed by atoms with Gasteiger partial charge in [-0.05, 0) is 32.9 Å². The SMILES string of the molecule is CCNc1nc(-c2cncc(OC(C)C)c2)c(Cl)cc1Cl. The van der Waals surface area contributed by atoms with Crippen molar-refractivity contribution >= 4 is 29.0 Å². The van der Waals surface area contributed by atoms with Crippen LogP contribution in [0.25, 0.3) is 11.3 Å². The number of rotatable bonds is 5. The molecule has 2 aromatic rings. The lowest BCUT2D eigenvalue weighted by Crippen LogP contribution is -2.06. The van der Waals surface area contributed by atoms with E-state index in [4.69, 9.17) is 27.9 Å². The summed E-state index contributed by atoms with van der Waals surface area (Å²) in [6.07, 6.45) is 3.44. The molecule has 0 aliphatic rings. The van der Waals surface area contributed by atoms with Crippen molar-refractivity contribution in [1.82, 2.24) is 9.97 Å². The van der Waals surface area contributed by atoms with Gasteiger partial charge in [0.25, 0.3) is 0 Å². The lowest BCUT2D eigenvalue weighted by atomic mass is 10.2. The number of halogens is 2. The Bertz CT molecular complexity index is 632. The minimum absolute atomic E-state index is 0.0769. The highest BCUT2D eigenvalue weighted by molar-refractivity contribution is 6.37. The fraction of sp³-hybridized carbons (Fsp3) is 0.333. The monoisotopic (exact) mass is 325 g/mol. The number of hydrogen-bond donors (Lipinski definition) is 1. The van der Waals surface area contributed by atoms with Gasteiger partial charge in [0.2, 0.25) is 0 Å². The number of nitrogens with one attached hydrogen (secondary N) is 1. The number of nitrogens with zero attached hydrogens (tertiary/aromatic N) is 2. The maximum absolute atomic E-state index is 6.25. The van der Waals surface area contributed by atoms with Crippen LogP contribution >= 0.6 is 23.2 Å². The smallest absolute Gasteiger partial charge is 0.145 e. The molecule has 0 amide bonds. The van der Waals surface area contributed by atoms with Crippen LogP contribution in [-0.4, -0.2) is 22.6 Å². The molecule has 0 aliphatic heterocycles. The summed E-state index contributed by atoms with van der Waals surface area (Å²) >= 11 is 12.4. The van der Waals surface area contributed by atoms with Crippen molar-refractivity contribution in [2.75, 3.05) is 11.9 Å². The van der Waals surface area contributed by atoms with Crippen LogP contribution < -0.4 is 10.1 Å². The van der Waals surface area contributed by atoms with E-state index in [9.17, 15) is 0 Å². The summed E-state index contributed by atoms with van der Waals surface area (Å²) in [5, 5.41) is 4.08. The summed E-state index contributed by atoms with van der Waals surface area (Å²) in [6, 6.07) is 3.55. The van der Waals surface area contributed by atoms with Gasteiger partial charge in [0.05, 0.1) is 28.0 Å². The molecular formula is C15H17Cl2N3O. The van der Waals surface area contributed by atoms with Crippen LogP contribution in [0.4, 0.5) is 5.82 Å². The van der Waals surface area contributed by atoms with Gasteiger partial charge in [-0.15, -0.1) is 0 Å². The Hall–Kier alpha value is -1.52. The van der Waals surface area contributed by atoms with Crippen molar-refractivity contribution in [2.24, 2.45) is 0 Å². The van der Waals surface area contributed by atoms with E-state index in [1.807, 2.05) is 26.8 Å². The lowest BCUT2D eigenvalue weighted by molar-refractivity contribution is 0.241. The average Bonchev–Trinajstić information content (AvgIpc) is 2.41. The molecule has 4 nitrogen and oxygen atoms in total. The first-order valence-electron chi connectivity index (χ1n) is 6.73. The molecule has 0 aromatic carbocycles. The Morgan fingerprint density at radius 2 is 1.95 bits per heavy atom. The number of ether oxygens (including phenoxy) is 1. The van der Waals surface area contributed by atoms with E-state index in [0.29, 0.717) is 27.3 Å². The van der Waals surface area contributed by atoms with Crippen LogP contribution in [-0.2, 0) is 0 Å². The molecule has 0 unspecified atom stereocenters.